The van der Waals surface area contributed by atoms with Crippen molar-refractivity contribution in [3.8, 4) is 0 Å². The number of aromatic nitrogens is 1. The van der Waals surface area contributed by atoms with Gasteiger partial charge in [-0.15, -0.1) is 0 Å². The molecule has 1 heterocycles. The number of carbonyl (C=O) groups excluding carboxylic acids is 2. The number of amides is 1. The molecule has 0 bridgehead atoms. The largest absolute Gasteiger partial charge is 0.467 e. The van der Waals surface area contributed by atoms with Gasteiger partial charge in [-0.1, -0.05) is 0 Å². The zero-order valence-corrected chi connectivity index (χ0v) is 11.7. The minimum Gasteiger partial charge on any atom is -0.467 e. The van der Waals surface area contributed by atoms with Crippen molar-refractivity contribution in [1.82, 2.24) is 10.3 Å². The maximum atomic E-state index is 11.4. The van der Waals surface area contributed by atoms with Crippen LogP contribution < -0.4 is 10.6 Å². The zero-order valence-electron chi connectivity index (χ0n) is 10.1. The predicted molar refractivity (Wildman–Crippen MR) is 70.0 cm³/mol. The van der Waals surface area contributed by atoms with Crippen LogP contribution in [-0.4, -0.2) is 36.6 Å². The average Bonchev–Trinajstić information content (AvgIpc) is 2.33. The van der Waals surface area contributed by atoms with Crippen molar-refractivity contribution in [3.63, 3.8) is 0 Å². The molecular formula is C11H14BrN3O3. The molecule has 1 aromatic rings. The average molecular weight is 316 g/mol. The third-order valence-corrected chi connectivity index (χ3v) is 2.51. The summed E-state index contributed by atoms with van der Waals surface area (Å²) in [6.07, 6.45) is 3.27. The highest BCUT2D eigenvalue weighted by atomic mass is 79.9. The quantitative estimate of drug-likeness (QED) is 0.790. The molecule has 1 amide bonds. The number of esters is 1. The number of nitrogens with one attached hydrogen (secondary N) is 2. The summed E-state index contributed by atoms with van der Waals surface area (Å²) >= 11 is 3.29. The molecule has 1 aromatic heterocycles. The van der Waals surface area contributed by atoms with E-state index in [1.165, 1.54) is 14.0 Å². The summed E-state index contributed by atoms with van der Waals surface area (Å²) < 4.78 is 5.43. The highest BCUT2D eigenvalue weighted by molar-refractivity contribution is 9.10. The van der Waals surface area contributed by atoms with Crippen molar-refractivity contribution >= 4 is 33.5 Å². The summed E-state index contributed by atoms with van der Waals surface area (Å²) in [6.45, 7) is 1.57. The number of anilines is 1. The Bertz CT molecular complexity index is 439. The monoisotopic (exact) mass is 315 g/mol. The van der Waals surface area contributed by atoms with Crippen molar-refractivity contribution in [2.24, 2.45) is 0 Å². The first-order valence-electron chi connectivity index (χ1n) is 5.22. The van der Waals surface area contributed by atoms with Gasteiger partial charge in [0, 0.05) is 24.1 Å². The lowest BCUT2D eigenvalue weighted by atomic mass is 10.2. The maximum Gasteiger partial charge on any atom is 0.330 e. The fourth-order valence-corrected chi connectivity index (χ4v) is 1.67. The van der Waals surface area contributed by atoms with Gasteiger partial charge in [0.1, 0.15) is 6.04 Å². The number of nitrogens with zero attached hydrogens (tertiary/aromatic N) is 1. The van der Waals surface area contributed by atoms with E-state index in [9.17, 15) is 9.59 Å². The highest BCUT2D eigenvalue weighted by Crippen LogP contribution is 2.13. The zero-order chi connectivity index (χ0) is 13.5. The second-order valence-corrected chi connectivity index (χ2v) is 4.46. The number of hydrogen-bond acceptors (Lipinski definition) is 5. The van der Waals surface area contributed by atoms with Crippen LogP contribution in [0.2, 0.25) is 0 Å². The van der Waals surface area contributed by atoms with Gasteiger partial charge in [-0.25, -0.2) is 4.79 Å². The van der Waals surface area contributed by atoms with E-state index in [1.807, 2.05) is 6.07 Å². The molecule has 0 radical (unpaired) electrons. The van der Waals surface area contributed by atoms with Crippen LogP contribution in [0.5, 0.6) is 0 Å². The van der Waals surface area contributed by atoms with Crippen molar-refractivity contribution < 1.29 is 14.3 Å². The summed E-state index contributed by atoms with van der Waals surface area (Å²) in [7, 11) is 1.28. The van der Waals surface area contributed by atoms with E-state index in [2.05, 4.69) is 36.3 Å². The SMILES string of the molecule is COC(=O)C(CNc1cncc(Br)c1)NC(C)=O. The van der Waals surface area contributed by atoms with Crippen molar-refractivity contribution in [1.29, 1.82) is 0 Å². The first-order chi connectivity index (χ1) is 8.52. The van der Waals surface area contributed by atoms with Crippen LogP contribution in [0.4, 0.5) is 5.69 Å². The summed E-state index contributed by atoms with van der Waals surface area (Å²) in [5.74, 6) is -0.791. The third kappa shape index (κ3) is 4.70. The minimum atomic E-state index is -0.730. The fourth-order valence-electron chi connectivity index (χ4n) is 1.31. The molecule has 2 N–H and O–H groups in total. The normalized spacial score (nSPS) is 11.5. The highest BCUT2D eigenvalue weighted by Gasteiger charge is 2.19. The van der Waals surface area contributed by atoms with Crippen molar-refractivity contribution in [2.75, 3.05) is 19.0 Å². The summed E-state index contributed by atoms with van der Waals surface area (Å²) in [6, 6.07) is 1.08. The molecule has 0 aliphatic heterocycles. The van der Waals surface area contributed by atoms with E-state index in [-0.39, 0.29) is 12.5 Å². The first-order valence-corrected chi connectivity index (χ1v) is 6.01. The third-order valence-electron chi connectivity index (χ3n) is 2.08. The standard InChI is InChI=1S/C11H14BrN3O3/c1-7(16)15-10(11(17)18-2)6-14-9-3-8(12)4-13-5-9/h3-5,10,14H,6H2,1-2H3,(H,15,16). The van der Waals surface area contributed by atoms with E-state index in [1.54, 1.807) is 12.4 Å². The molecule has 18 heavy (non-hydrogen) atoms. The number of rotatable bonds is 5. The maximum absolute atomic E-state index is 11.4. The number of hydrogen-bond donors (Lipinski definition) is 2. The van der Waals surface area contributed by atoms with Gasteiger partial charge in [0.2, 0.25) is 5.91 Å². The summed E-state index contributed by atoms with van der Waals surface area (Å²) in [5.41, 5.74) is 0.739. The second-order valence-electron chi connectivity index (χ2n) is 3.55. The Labute approximate surface area is 113 Å². The number of pyridine rings is 1. The topological polar surface area (TPSA) is 80.3 Å². The van der Waals surface area contributed by atoms with E-state index in [4.69, 9.17) is 0 Å². The van der Waals surface area contributed by atoms with Crippen LogP contribution >= 0.6 is 15.9 Å². The van der Waals surface area contributed by atoms with Crippen molar-refractivity contribution in [2.45, 2.75) is 13.0 Å². The fraction of sp³-hybridized carbons (Fsp3) is 0.364. The number of carbonyl (C=O) groups is 2. The molecule has 98 valence electrons. The number of ether oxygens (including phenoxy) is 1. The lowest BCUT2D eigenvalue weighted by Gasteiger charge is -2.16. The lowest BCUT2D eigenvalue weighted by molar-refractivity contribution is -0.144. The number of methoxy groups -OCH3 is 1. The van der Waals surface area contributed by atoms with Gasteiger partial charge in [0.05, 0.1) is 19.0 Å². The Kier molecular flexibility index (Phi) is 5.57. The Balaban J connectivity index is 2.61. The molecule has 0 aliphatic rings. The van der Waals surface area contributed by atoms with Gasteiger partial charge >= 0.3 is 5.97 Å². The molecule has 0 aromatic carbocycles. The molecule has 7 heteroatoms. The Morgan fingerprint density at radius 3 is 2.78 bits per heavy atom. The summed E-state index contributed by atoms with van der Waals surface area (Å²) in [4.78, 5) is 26.4. The van der Waals surface area contributed by atoms with Gasteiger partial charge in [0.15, 0.2) is 0 Å². The molecule has 0 spiro atoms. The smallest absolute Gasteiger partial charge is 0.330 e. The predicted octanol–water partition coefficient (Wildman–Crippen LogP) is 0.934. The second kappa shape index (κ2) is 6.95. The van der Waals surface area contributed by atoms with Crippen molar-refractivity contribution in [3.05, 3.63) is 22.9 Å². The first kappa shape index (κ1) is 14.4. The van der Waals surface area contributed by atoms with Crippen LogP contribution in [0.3, 0.4) is 0 Å². The molecule has 0 fully saturated rings. The lowest BCUT2D eigenvalue weighted by Crippen LogP contribution is -2.45. The Hall–Kier alpha value is -1.63. The molecule has 1 unspecified atom stereocenters. The van der Waals surface area contributed by atoms with Gasteiger partial charge in [0.25, 0.3) is 0 Å². The molecule has 1 rings (SSSR count). The Morgan fingerprint density at radius 2 is 2.22 bits per heavy atom. The van der Waals surface area contributed by atoms with Crippen LogP contribution in [-0.2, 0) is 14.3 Å². The van der Waals surface area contributed by atoms with Gasteiger partial charge in [-0.05, 0) is 22.0 Å². The van der Waals surface area contributed by atoms with E-state index in [0.29, 0.717) is 0 Å². The van der Waals surface area contributed by atoms with Crippen LogP contribution in [0, 0.1) is 0 Å². The van der Waals surface area contributed by atoms with Crippen LogP contribution in [0.25, 0.3) is 0 Å². The van der Waals surface area contributed by atoms with Gasteiger partial charge < -0.3 is 15.4 Å². The van der Waals surface area contributed by atoms with Gasteiger partial charge in [-0.3, -0.25) is 9.78 Å². The summed E-state index contributed by atoms with van der Waals surface area (Å²) in [5, 5.41) is 5.51. The number of halogens is 1. The van der Waals surface area contributed by atoms with Gasteiger partial charge in [-0.2, -0.15) is 0 Å². The molecule has 0 saturated carbocycles. The minimum absolute atomic E-state index is 0.227. The van der Waals surface area contributed by atoms with Crippen LogP contribution in [0.1, 0.15) is 6.92 Å². The van der Waals surface area contributed by atoms with E-state index in [0.717, 1.165) is 10.2 Å². The van der Waals surface area contributed by atoms with E-state index < -0.39 is 12.0 Å². The van der Waals surface area contributed by atoms with Crippen LogP contribution in [0.15, 0.2) is 22.9 Å². The van der Waals surface area contributed by atoms with E-state index >= 15 is 0 Å². The Morgan fingerprint density at radius 1 is 1.50 bits per heavy atom. The molecule has 1 atom stereocenters. The molecule has 0 aliphatic carbocycles. The molecule has 0 saturated heterocycles. The molecular weight excluding hydrogens is 302 g/mol. The molecule has 6 nitrogen and oxygen atoms in total.